The monoisotopic (exact) mass is 552 g/mol. The van der Waals surface area contributed by atoms with Crippen LogP contribution in [0.25, 0.3) is 0 Å². The van der Waals surface area contributed by atoms with Crippen LogP contribution < -0.4 is 15.0 Å². The van der Waals surface area contributed by atoms with Gasteiger partial charge in [0.15, 0.2) is 0 Å². The number of pyridine rings is 2. The highest BCUT2D eigenvalue weighted by Crippen LogP contribution is 2.30. The van der Waals surface area contributed by atoms with Crippen LogP contribution in [-0.2, 0) is 30.6 Å². The number of nitrogens with one attached hydrogen (secondary N) is 1. The van der Waals surface area contributed by atoms with Crippen molar-refractivity contribution in [2.24, 2.45) is 0 Å². The molecule has 0 bridgehead atoms. The first kappa shape index (κ1) is 31.6. The first-order valence-electron chi connectivity index (χ1n) is 11.8. The van der Waals surface area contributed by atoms with Gasteiger partial charge in [0.05, 0.1) is 6.61 Å². The molecule has 1 aromatic carbocycles. The molecule has 1 aliphatic heterocycles. The number of hydrogen-bond acceptors (Lipinski definition) is 5. The number of amides is 1. The van der Waals surface area contributed by atoms with Crippen molar-refractivity contribution < 1.29 is 9.53 Å². The number of aromatic nitrogens is 2. The van der Waals surface area contributed by atoms with E-state index in [-0.39, 0.29) is 43.1 Å². The Labute approximate surface area is 232 Å². The zero-order valence-corrected chi connectivity index (χ0v) is 23.0. The Kier molecular flexibility index (Phi) is 14.4. The second kappa shape index (κ2) is 16.4. The molecule has 1 N–H and O–H groups in total. The van der Waals surface area contributed by atoms with Crippen molar-refractivity contribution in [1.82, 2.24) is 15.3 Å². The van der Waals surface area contributed by atoms with E-state index in [2.05, 4.69) is 39.6 Å². The van der Waals surface area contributed by atoms with Crippen molar-refractivity contribution in [3.05, 3.63) is 83.4 Å². The number of carbonyl (C=O) groups excluding carboxylic acids is 1. The second-order valence-corrected chi connectivity index (χ2v) is 8.46. The van der Waals surface area contributed by atoms with Gasteiger partial charge in [-0.05, 0) is 91.7 Å². The smallest absolute Gasteiger partial charge is 0.223 e. The summed E-state index contributed by atoms with van der Waals surface area (Å²) in [5.41, 5.74) is 5.82. The number of ether oxygens (including phenoxy) is 1. The Morgan fingerprint density at radius 1 is 1.06 bits per heavy atom. The maximum Gasteiger partial charge on any atom is 0.223 e. The first-order valence-corrected chi connectivity index (χ1v) is 11.8. The van der Waals surface area contributed by atoms with E-state index in [0.29, 0.717) is 6.61 Å². The number of nitrogens with zero attached hydrogens (tertiary/aromatic N) is 3. The molecule has 4 rings (SSSR count). The fraction of sp³-hybridized carbons (Fsp3) is 0.370. The van der Waals surface area contributed by atoms with Gasteiger partial charge in [-0.2, -0.15) is 0 Å². The van der Waals surface area contributed by atoms with Gasteiger partial charge in [0.1, 0.15) is 5.75 Å². The summed E-state index contributed by atoms with van der Waals surface area (Å²) in [4.78, 5) is 22.3. The number of benzene rings is 1. The van der Waals surface area contributed by atoms with Crippen LogP contribution in [0.4, 0.5) is 5.69 Å². The molecule has 9 heteroatoms. The Hall–Kier alpha value is -2.38. The van der Waals surface area contributed by atoms with Crippen molar-refractivity contribution in [3.63, 3.8) is 0 Å². The van der Waals surface area contributed by atoms with Crippen LogP contribution in [0.1, 0.15) is 42.1 Å². The van der Waals surface area contributed by atoms with Gasteiger partial charge >= 0.3 is 0 Å². The molecule has 0 saturated carbocycles. The molecule has 0 radical (unpaired) electrons. The fourth-order valence-electron chi connectivity index (χ4n) is 4.20. The molecule has 196 valence electrons. The number of rotatable bonds is 10. The van der Waals surface area contributed by atoms with E-state index in [1.165, 1.54) is 16.7 Å². The number of carbonyl (C=O) groups is 1. The summed E-state index contributed by atoms with van der Waals surface area (Å²) in [5, 5.41) is 3.50. The number of anilines is 1. The highest BCUT2D eigenvalue weighted by molar-refractivity contribution is 5.92. The van der Waals surface area contributed by atoms with Gasteiger partial charge in [-0.25, -0.2) is 0 Å². The van der Waals surface area contributed by atoms with Gasteiger partial charge in [0, 0.05) is 50.0 Å². The molecule has 6 nitrogen and oxygen atoms in total. The Bertz CT molecular complexity index is 1070. The third kappa shape index (κ3) is 9.25. The standard InChI is InChI=1S/C27H32N4O2.3ClH/c1-21(32)31-15-3-6-24-18-26(9-10-27(24)31)33-16-4-13-29-20-23-11-14-30-25(17-23)8-7-22-5-2-12-28-19-22;;;/h2,5,9-12,14,17-19,29H,3-4,6-8,13,15-16,20H2,1H3;3*1H. The largest absolute Gasteiger partial charge is 0.494 e. The van der Waals surface area contributed by atoms with Gasteiger partial charge in [0.25, 0.3) is 0 Å². The van der Waals surface area contributed by atoms with Crippen LogP contribution in [0, 0.1) is 0 Å². The molecule has 36 heavy (non-hydrogen) atoms. The lowest BCUT2D eigenvalue weighted by Gasteiger charge is -2.28. The lowest BCUT2D eigenvalue weighted by molar-refractivity contribution is -0.116. The molecule has 3 heterocycles. The average molecular weight is 554 g/mol. The van der Waals surface area contributed by atoms with E-state index in [0.717, 1.165) is 68.9 Å². The summed E-state index contributed by atoms with van der Waals surface area (Å²) in [6.07, 6.45) is 10.4. The molecule has 0 fully saturated rings. The van der Waals surface area contributed by atoms with Crippen molar-refractivity contribution in [3.8, 4) is 5.75 Å². The summed E-state index contributed by atoms with van der Waals surface area (Å²) >= 11 is 0. The van der Waals surface area contributed by atoms with Crippen LogP contribution >= 0.6 is 37.2 Å². The van der Waals surface area contributed by atoms with Gasteiger partial charge in [-0.3, -0.25) is 14.8 Å². The number of fused-ring (bicyclic) bond motifs is 1. The molecule has 2 aromatic heterocycles. The molecule has 0 saturated heterocycles. The number of aryl methyl sites for hydroxylation is 3. The highest BCUT2D eigenvalue weighted by atomic mass is 35.5. The minimum Gasteiger partial charge on any atom is -0.494 e. The number of hydrogen-bond donors (Lipinski definition) is 1. The Balaban J connectivity index is 0.00000216. The third-order valence-electron chi connectivity index (χ3n) is 5.92. The molecule has 3 aromatic rings. The quantitative estimate of drug-likeness (QED) is 0.341. The van der Waals surface area contributed by atoms with E-state index in [4.69, 9.17) is 4.74 Å². The predicted octanol–water partition coefficient (Wildman–Crippen LogP) is 5.39. The van der Waals surface area contributed by atoms with Crippen molar-refractivity contribution in [1.29, 1.82) is 0 Å². The zero-order chi connectivity index (χ0) is 22.9. The lowest BCUT2D eigenvalue weighted by atomic mass is 10.0. The van der Waals surface area contributed by atoms with Crippen LogP contribution in [-0.4, -0.2) is 35.6 Å². The number of halogens is 3. The van der Waals surface area contributed by atoms with E-state index >= 15 is 0 Å². The summed E-state index contributed by atoms with van der Waals surface area (Å²) < 4.78 is 5.95. The predicted molar refractivity (Wildman–Crippen MR) is 152 cm³/mol. The van der Waals surface area contributed by atoms with E-state index < -0.39 is 0 Å². The van der Waals surface area contributed by atoms with Crippen LogP contribution in [0.3, 0.4) is 0 Å². The van der Waals surface area contributed by atoms with Gasteiger partial charge in [-0.15, -0.1) is 37.2 Å². The van der Waals surface area contributed by atoms with E-state index in [1.807, 2.05) is 35.5 Å². The SMILES string of the molecule is CC(=O)N1CCCc2cc(OCCCNCc3ccnc(CCc4cccnc4)c3)ccc21.Cl.Cl.Cl. The van der Waals surface area contributed by atoms with Gasteiger partial charge in [-0.1, -0.05) is 6.07 Å². The lowest BCUT2D eigenvalue weighted by Crippen LogP contribution is -2.33. The topological polar surface area (TPSA) is 67.3 Å². The molecular formula is C27H35Cl3N4O2. The highest BCUT2D eigenvalue weighted by Gasteiger charge is 2.20. The molecule has 1 amide bonds. The third-order valence-corrected chi connectivity index (χ3v) is 5.92. The first-order chi connectivity index (χ1) is 16.2. The Morgan fingerprint density at radius 2 is 1.92 bits per heavy atom. The minimum atomic E-state index is 0. The molecule has 1 aliphatic rings. The molecular weight excluding hydrogens is 519 g/mol. The van der Waals surface area contributed by atoms with Crippen LogP contribution in [0.2, 0.25) is 0 Å². The minimum absolute atomic E-state index is 0. The van der Waals surface area contributed by atoms with Crippen molar-refractivity contribution in [2.75, 3.05) is 24.6 Å². The normalized spacial score (nSPS) is 11.9. The van der Waals surface area contributed by atoms with Gasteiger partial charge in [0.2, 0.25) is 5.91 Å². The van der Waals surface area contributed by atoms with Crippen molar-refractivity contribution in [2.45, 2.75) is 45.6 Å². The summed E-state index contributed by atoms with van der Waals surface area (Å²) in [6.45, 7) is 4.80. The molecule has 0 spiro atoms. The maximum absolute atomic E-state index is 11.8. The fourth-order valence-corrected chi connectivity index (χ4v) is 4.20. The Morgan fingerprint density at radius 3 is 2.69 bits per heavy atom. The second-order valence-electron chi connectivity index (χ2n) is 8.46. The zero-order valence-electron chi connectivity index (χ0n) is 20.5. The molecule has 0 atom stereocenters. The average Bonchev–Trinajstić information content (AvgIpc) is 2.85. The van der Waals surface area contributed by atoms with E-state index in [9.17, 15) is 4.79 Å². The molecule has 0 unspecified atom stereocenters. The summed E-state index contributed by atoms with van der Waals surface area (Å²) in [5.74, 6) is 0.983. The molecule has 0 aliphatic carbocycles. The summed E-state index contributed by atoms with van der Waals surface area (Å²) in [6, 6.07) is 14.4. The summed E-state index contributed by atoms with van der Waals surface area (Å²) in [7, 11) is 0. The van der Waals surface area contributed by atoms with E-state index in [1.54, 1.807) is 13.1 Å². The van der Waals surface area contributed by atoms with Gasteiger partial charge < -0.3 is 15.0 Å². The van der Waals surface area contributed by atoms with Crippen LogP contribution in [0.5, 0.6) is 5.75 Å². The van der Waals surface area contributed by atoms with Crippen molar-refractivity contribution >= 4 is 48.8 Å². The van der Waals surface area contributed by atoms with Crippen LogP contribution in [0.15, 0.2) is 61.1 Å². The maximum atomic E-state index is 11.8.